The zero-order valence-corrected chi connectivity index (χ0v) is 25.6. The van der Waals surface area contributed by atoms with E-state index < -0.39 is 51.1 Å². The molecule has 5 unspecified atom stereocenters. The Labute approximate surface area is 225 Å². The van der Waals surface area contributed by atoms with Crippen molar-refractivity contribution in [3.8, 4) is 0 Å². The molecule has 0 aliphatic carbocycles. The molecule has 7 nitrogen and oxygen atoms in total. The summed E-state index contributed by atoms with van der Waals surface area (Å²) in [5.74, 6) is -6.51. The molecule has 0 spiro atoms. The Morgan fingerprint density at radius 2 is 0.946 bits per heavy atom. The lowest BCUT2D eigenvalue weighted by Gasteiger charge is -2.53. The summed E-state index contributed by atoms with van der Waals surface area (Å²) in [5.41, 5.74) is -7.29. The van der Waals surface area contributed by atoms with E-state index in [4.69, 9.17) is 0 Å². The molecule has 0 bridgehead atoms. The lowest BCUT2D eigenvalue weighted by atomic mass is 9.50. The van der Waals surface area contributed by atoms with Crippen molar-refractivity contribution in [2.24, 2.45) is 45.3 Å². The molecule has 0 aromatic carbocycles. The molecule has 0 saturated heterocycles. The summed E-state index contributed by atoms with van der Waals surface area (Å²) in [6, 6.07) is 0. The maximum absolute atomic E-state index is 13.4. The lowest BCUT2D eigenvalue weighted by Crippen LogP contribution is -2.67. The van der Waals surface area contributed by atoms with Gasteiger partial charge in [-0.25, -0.2) is 4.79 Å². The third kappa shape index (κ3) is 7.27. The fourth-order valence-electron chi connectivity index (χ4n) is 6.04. The molecule has 0 aromatic heterocycles. The minimum absolute atomic E-state index is 0.0100. The van der Waals surface area contributed by atoms with Gasteiger partial charge in [-0.1, -0.05) is 102 Å². The third-order valence-electron chi connectivity index (χ3n) is 10.4. The van der Waals surface area contributed by atoms with Crippen LogP contribution in [0.1, 0.15) is 122 Å². The molecule has 7 heteroatoms. The van der Waals surface area contributed by atoms with E-state index in [1.807, 2.05) is 83.1 Å². The van der Waals surface area contributed by atoms with Crippen LogP contribution in [0.4, 0.5) is 0 Å². The molecule has 218 valence electrons. The Bertz CT molecular complexity index is 774. The van der Waals surface area contributed by atoms with Gasteiger partial charge in [0.25, 0.3) is 0 Å². The molecule has 0 aliphatic rings. The van der Waals surface area contributed by atoms with Crippen LogP contribution in [-0.4, -0.2) is 43.9 Å². The first-order valence-corrected chi connectivity index (χ1v) is 14.0. The summed E-state index contributed by atoms with van der Waals surface area (Å²) in [4.78, 5) is 39.3. The number of hydrogen-bond acceptors (Lipinski definition) is 4. The second-order valence-electron chi connectivity index (χ2n) is 13.8. The van der Waals surface area contributed by atoms with Crippen LogP contribution >= 0.6 is 0 Å². The number of aliphatic hydroxyl groups is 1. The Kier molecular flexibility index (Phi) is 11.9. The second-order valence-corrected chi connectivity index (χ2v) is 13.8. The average Bonchev–Trinajstić information content (AvgIpc) is 2.78. The molecule has 0 amide bonds. The van der Waals surface area contributed by atoms with Gasteiger partial charge in [0.05, 0.1) is 5.92 Å². The highest BCUT2D eigenvalue weighted by Crippen LogP contribution is 2.57. The van der Waals surface area contributed by atoms with Crippen molar-refractivity contribution in [2.45, 2.75) is 127 Å². The van der Waals surface area contributed by atoms with E-state index in [2.05, 4.69) is 0 Å². The Hall–Kier alpha value is -1.63. The summed E-state index contributed by atoms with van der Waals surface area (Å²) in [5, 5.41) is 44.3. The van der Waals surface area contributed by atoms with E-state index in [1.165, 1.54) is 0 Å². The standard InChI is InChI=1S/C30H56O7/c1-13-19(4)26(7,8)16-22(23(31)32)30(37,25(35)36)29(24(33)34,17-27(9,10)20(5)14-2)18-28(11,12)21(6)15-3/h19-22,37H,13-18H2,1-12H3,(H,31,32)(H,33,34)(H,35,36). The van der Waals surface area contributed by atoms with E-state index >= 15 is 0 Å². The van der Waals surface area contributed by atoms with Crippen LogP contribution in [0, 0.1) is 45.3 Å². The number of hydrogen-bond donors (Lipinski definition) is 4. The molecule has 4 N–H and O–H groups in total. The second kappa shape index (κ2) is 12.5. The van der Waals surface area contributed by atoms with Crippen molar-refractivity contribution in [1.82, 2.24) is 0 Å². The van der Waals surface area contributed by atoms with E-state index in [0.29, 0.717) is 0 Å². The van der Waals surface area contributed by atoms with Crippen LogP contribution in [0.15, 0.2) is 0 Å². The first kappa shape index (κ1) is 35.4. The van der Waals surface area contributed by atoms with Gasteiger partial charge in [0.1, 0.15) is 5.41 Å². The fourth-order valence-corrected chi connectivity index (χ4v) is 6.04. The van der Waals surface area contributed by atoms with Crippen molar-refractivity contribution in [3.63, 3.8) is 0 Å². The number of carbonyl (C=O) groups is 3. The highest BCUT2D eigenvalue weighted by atomic mass is 16.4. The molecule has 37 heavy (non-hydrogen) atoms. The summed E-state index contributed by atoms with van der Waals surface area (Å²) in [6.07, 6.45) is 1.69. The molecule has 5 atom stereocenters. The molecular formula is C30H56O7. The van der Waals surface area contributed by atoms with Crippen LogP contribution in [-0.2, 0) is 14.4 Å². The number of aliphatic carboxylic acids is 3. The fraction of sp³-hybridized carbons (Fsp3) is 0.900. The predicted octanol–water partition coefficient (Wildman–Crippen LogP) is 6.96. The van der Waals surface area contributed by atoms with E-state index in [0.717, 1.165) is 19.3 Å². The van der Waals surface area contributed by atoms with Gasteiger partial charge in [0, 0.05) is 0 Å². The van der Waals surface area contributed by atoms with Crippen LogP contribution in [0.2, 0.25) is 0 Å². The Morgan fingerprint density at radius 3 is 1.19 bits per heavy atom. The zero-order valence-electron chi connectivity index (χ0n) is 25.6. The smallest absolute Gasteiger partial charge is 0.337 e. The van der Waals surface area contributed by atoms with Crippen LogP contribution in [0.25, 0.3) is 0 Å². The first-order chi connectivity index (χ1) is 16.5. The van der Waals surface area contributed by atoms with E-state index in [1.54, 1.807) is 0 Å². The quantitative estimate of drug-likeness (QED) is 0.160. The molecule has 0 aromatic rings. The van der Waals surface area contributed by atoms with Crippen LogP contribution in [0.5, 0.6) is 0 Å². The van der Waals surface area contributed by atoms with Gasteiger partial charge in [0.2, 0.25) is 0 Å². The minimum atomic E-state index is -3.04. The summed E-state index contributed by atoms with van der Waals surface area (Å²) >= 11 is 0. The maximum atomic E-state index is 13.4. The third-order valence-corrected chi connectivity index (χ3v) is 10.4. The van der Waals surface area contributed by atoms with Crippen molar-refractivity contribution >= 4 is 17.9 Å². The van der Waals surface area contributed by atoms with Crippen LogP contribution in [0.3, 0.4) is 0 Å². The zero-order chi connectivity index (χ0) is 29.8. The Balaban J connectivity index is 7.63. The summed E-state index contributed by atoms with van der Waals surface area (Å²) < 4.78 is 0. The minimum Gasteiger partial charge on any atom is -0.481 e. The number of carboxylic acids is 3. The molecule has 0 heterocycles. The molecule has 0 saturated carbocycles. The summed E-state index contributed by atoms with van der Waals surface area (Å²) in [7, 11) is 0. The van der Waals surface area contributed by atoms with Gasteiger partial charge in [-0.05, 0) is 53.3 Å². The summed E-state index contributed by atoms with van der Waals surface area (Å²) in [6.45, 7) is 23.1. The SMILES string of the molecule is CCC(C)C(C)(C)CC(C(=O)O)C(O)(C(=O)O)C(CC(C)(C)C(C)CC)(CC(C)(C)C(C)CC)C(=O)O. The van der Waals surface area contributed by atoms with E-state index in [-0.39, 0.29) is 37.0 Å². The predicted molar refractivity (Wildman–Crippen MR) is 147 cm³/mol. The van der Waals surface area contributed by atoms with Crippen molar-refractivity contribution in [1.29, 1.82) is 0 Å². The topological polar surface area (TPSA) is 132 Å². The van der Waals surface area contributed by atoms with Gasteiger partial charge in [-0.3, -0.25) is 9.59 Å². The number of rotatable bonds is 17. The van der Waals surface area contributed by atoms with Crippen molar-refractivity contribution in [2.75, 3.05) is 0 Å². The van der Waals surface area contributed by atoms with Crippen molar-refractivity contribution in [3.05, 3.63) is 0 Å². The van der Waals surface area contributed by atoms with Gasteiger partial charge in [0.15, 0.2) is 5.60 Å². The lowest BCUT2D eigenvalue weighted by molar-refractivity contribution is -0.218. The maximum Gasteiger partial charge on any atom is 0.337 e. The van der Waals surface area contributed by atoms with Gasteiger partial charge < -0.3 is 20.4 Å². The first-order valence-electron chi connectivity index (χ1n) is 14.0. The van der Waals surface area contributed by atoms with Crippen LogP contribution < -0.4 is 0 Å². The highest BCUT2D eigenvalue weighted by Gasteiger charge is 2.69. The molecule has 0 aliphatic heterocycles. The number of carboxylic acid groups (broad SMARTS) is 3. The van der Waals surface area contributed by atoms with Gasteiger partial charge >= 0.3 is 17.9 Å². The van der Waals surface area contributed by atoms with E-state index in [9.17, 15) is 34.8 Å². The van der Waals surface area contributed by atoms with Crippen molar-refractivity contribution < 1.29 is 34.8 Å². The Morgan fingerprint density at radius 1 is 0.622 bits per heavy atom. The normalized spacial score (nSPS) is 19.7. The molecule has 0 fully saturated rings. The molecular weight excluding hydrogens is 472 g/mol. The van der Waals surface area contributed by atoms with Gasteiger partial charge in [-0.15, -0.1) is 0 Å². The highest BCUT2D eigenvalue weighted by molar-refractivity contribution is 5.93. The van der Waals surface area contributed by atoms with Gasteiger partial charge in [-0.2, -0.15) is 0 Å². The monoisotopic (exact) mass is 528 g/mol. The molecule has 0 rings (SSSR count). The largest absolute Gasteiger partial charge is 0.481 e. The average molecular weight is 529 g/mol. The molecule has 0 radical (unpaired) electrons.